The van der Waals surface area contributed by atoms with Crippen LogP contribution in [-0.4, -0.2) is 132 Å². The number of nitrogens with zero attached hydrogens (tertiary/aromatic N) is 2. The molecule has 0 aromatic heterocycles. The lowest BCUT2D eigenvalue weighted by atomic mass is 9.76. The Balaban J connectivity index is 2.11. The highest BCUT2D eigenvalue weighted by Crippen LogP contribution is 2.42. The van der Waals surface area contributed by atoms with E-state index < -0.39 is 71.9 Å². The fourth-order valence-electron chi connectivity index (χ4n) is 8.80. The van der Waals surface area contributed by atoms with Crippen LogP contribution in [0, 0.1) is 29.1 Å². The maximum Gasteiger partial charge on any atom is 0.303 e. The van der Waals surface area contributed by atoms with Gasteiger partial charge in [-0.2, -0.15) is 0 Å². The number of likely N-dealkylation sites (N-methyl/N-ethyl adjacent to an activating group) is 1. The van der Waals surface area contributed by atoms with Gasteiger partial charge in [-0.05, 0) is 66.0 Å². The normalized spacial score (nSPS) is 41.4. The van der Waals surface area contributed by atoms with Crippen molar-refractivity contribution in [1.82, 2.24) is 15.1 Å². The molecular formula is C39H71N3O10. The van der Waals surface area contributed by atoms with Crippen molar-refractivity contribution in [3.8, 4) is 0 Å². The molecule has 3 saturated heterocycles. The highest BCUT2D eigenvalue weighted by molar-refractivity contribution is 5.81. The van der Waals surface area contributed by atoms with Gasteiger partial charge >= 0.3 is 5.97 Å². The van der Waals surface area contributed by atoms with Crippen LogP contribution in [0.2, 0.25) is 0 Å². The van der Waals surface area contributed by atoms with Gasteiger partial charge in [-0.1, -0.05) is 48.5 Å². The minimum absolute atomic E-state index is 0.0901. The zero-order valence-electron chi connectivity index (χ0n) is 34.4. The Labute approximate surface area is 312 Å². The van der Waals surface area contributed by atoms with E-state index in [9.17, 15) is 24.6 Å². The third kappa shape index (κ3) is 11.6. The molecule has 3 aliphatic heterocycles. The van der Waals surface area contributed by atoms with Gasteiger partial charge in [0.1, 0.15) is 12.2 Å². The molecule has 14 atom stereocenters. The summed E-state index contributed by atoms with van der Waals surface area (Å²) in [6.45, 7) is 21.0. The molecule has 3 fully saturated rings. The minimum atomic E-state index is -1.51. The van der Waals surface area contributed by atoms with Crippen LogP contribution >= 0.6 is 0 Å². The van der Waals surface area contributed by atoms with Crippen LogP contribution in [0.5, 0.6) is 0 Å². The molecule has 302 valence electrons. The van der Waals surface area contributed by atoms with Crippen molar-refractivity contribution in [1.29, 1.82) is 0 Å². The van der Waals surface area contributed by atoms with E-state index in [1.54, 1.807) is 25.8 Å². The molecule has 3 rings (SSSR count). The molecule has 3 N–H and O–H groups in total. The number of aliphatic hydroxyl groups excluding tert-OH is 1. The zero-order chi connectivity index (χ0) is 39.5. The van der Waals surface area contributed by atoms with E-state index in [1.807, 2.05) is 60.5 Å². The van der Waals surface area contributed by atoms with E-state index in [2.05, 4.69) is 19.2 Å². The first-order valence-electron chi connectivity index (χ1n) is 19.3. The van der Waals surface area contributed by atoms with Gasteiger partial charge in [-0.3, -0.25) is 14.4 Å². The van der Waals surface area contributed by atoms with Gasteiger partial charge in [-0.25, -0.2) is 0 Å². The first-order valence-corrected chi connectivity index (χ1v) is 19.3. The van der Waals surface area contributed by atoms with E-state index in [-0.39, 0.29) is 54.7 Å². The average Bonchev–Trinajstić information content (AvgIpc) is 2.99. The Bertz CT molecular complexity index is 1200. The Hall–Kier alpha value is -1.87. The number of ether oxygens (including phenoxy) is 5. The van der Waals surface area contributed by atoms with Crippen LogP contribution in [0.1, 0.15) is 108 Å². The topological polar surface area (TPSA) is 156 Å². The number of hydrogen-bond acceptors (Lipinski definition) is 11. The maximum absolute atomic E-state index is 14.3. The molecule has 0 radical (unpaired) electrons. The summed E-state index contributed by atoms with van der Waals surface area (Å²) in [5.41, 5.74) is -2.03. The minimum Gasteiger partial charge on any atom is -0.459 e. The lowest BCUT2D eigenvalue weighted by molar-refractivity contribution is -0.312. The van der Waals surface area contributed by atoms with E-state index >= 15 is 0 Å². The molecule has 3 aliphatic rings. The van der Waals surface area contributed by atoms with Crippen molar-refractivity contribution in [3.05, 3.63) is 0 Å². The van der Waals surface area contributed by atoms with Gasteiger partial charge in [0, 0.05) is 56.8 Å². The fourth-order valence-corrected chi connectivity index (χ4v) is 8.80. The van der Waals surface area contributed by atoms with Crippen molar-refractivity contribution in [2.24, 2.45) is 29.1 Å². The van der Waals surface area contributed by atoms with Gasteiger partial charge in [0.05, 0.1) is 35.9 Å². The summed E-state index contributed by atoms with van der Waals surface area (Å²) >= 11 is 0. The number of hydrogen-bond donors (Lipinski definition) is 3. The Morgan fingerprint density at radius 3 is 2.23 bits per heavy atom. The second-order valence-corrected chi connectivity index (χ2v) is 17.9. The van der Waals surface area contributed by atoms with Crippen LogP contribution in [0.3, 0.4) is 0 Å². The number of esters is 1. The van der Waals surface area contributed by atoms with Crippen LogP contribution < -0.4 is 5.32 Å². The monoisotopic (exact) mass is 742 g/mol. The Morgan fingerprint density at radius 1 is 1.04 bits per heavy atom. The summed E-state index contributed by atoms with van der Waals surface area (Å²) in [4.78, 5) is 43.3. The van der Waals surface area contributed by atoms with Gasteiger partial charge in [-0.15, -0.1) is 0 Å². The number of amides is 2. The quantitative estimate of drug-likeness (QED) is 0.312. The smallest absolute Gasteiger partial charge is 0.303 e. The van der Waals surface area contributed by atoms with E-state index in [0.29, 0.717) is 25.8 Å². The van der Waals surface area contributed by atoms with Crippen molar-refractivity contribution < 1.29 is 48.3 Å². The predicted octanol–water partition coefficient (Wildman–Crippen LogP) is 3.72. The average molecular weight is 742 g/mol. The van der Waals surface area contributed by atoms with Crippen LogP contribution in [-0.2, 0) is 38.1 Å². The van der Waals surface area contributed by atoms with Gasteiger partial charge in [0.25, 0.3) is 0 Å². The van der Waals surface area contributed by atoms with E-state index in [1.165, 1.54) is 6.92 Å². The summed E-state index contributed by atoms with van der Waals surface area (Å²) < 4.78 is 31.8. The number of carbonyl (C=O) groups excluding carboxylic acids is 3. The summed E-state index contributed by atoms with van der Waals surface area (Å²) in [5.74, 6) is -2.09. The van der Waals surface area contributed by atoms with Crippen LogP contribution in [0.15, 0.2) is 0 Å². The lowest BCUT2D eigenvalue weighted by Gasteiger charge is -2.49. The molecule has 1 unspecified atom stereocenters. The SMILES string of the molecule is CC(=O)O[C@H]1[C@H](C)O[C@@H](O[C@H]2[C@H](C)[C@@H](O[C@@H]3O[C@H](C)C[C@H](N(C)C)[C@H]3O)[C@](C)(O)C[C@@H](C)CN(C)C(=O)CC(CC(C)C)NC(=O)[C@@H]2C)CC1(C)C. The summed E-state index contributed by atoms with van der Waals surface area (Å²) in [7, 11) is 5.56. The number of aliphatic hydroxyl groups is 2. The van der Waals surface area contributed by atoms with Gasteiger partial charge in [0.15, 0.2) is 12.6 Å². The largest absolute Gasteiger partial charge is 0.459 e. The summed E-state index contributed by atoms with van der Waals surface area (Å²) in [5, 5.41) is 27.1. The molecular weight excluding hydrogens is 670 g/mol. The maximum atomic E-state index is 14.3. The van der Waals surface area contributed by atoms with Crippen molar-refractivity contribution in [2.45, 2.75) is 175 Å². The molecule has 13 heteroatoms. The number of rotatable bonds is 8. The molecule has 0 aromatic rings. The molecule has 3 heterocycles. The highest BCUT2D eigenvalue weighted by Gasteiger charge is 2.51. The standard InChI is InChI=1S/C39H71N3O10/c1-21(2)15-28-17-30(44)42(14)20-22(3)18-39(11,47)34(52-37-32(45)29(41(12)13)16-23(4)48-37)24(5)33(25(6)36(46)40-28)51-31-19-38(9,10)35(26(7)49-31)50-27(8)43/h21-26,28-29,31-35,37,45,47H,15-20H2,1-14H3,(H,40,46)/t22-,23-,24+,25-,26+,28?,29+,31+,32-,33+,34-,35+,37+,39-/m1/s1. The van der Waals surface area contributed by atoms with E-state index in [4.69, 9.17) is 23.7 Å². The molecule has 13 nitrogen and oxygen atoms in total. The number of nitrogens with one attached hydrogen (secondary N) is 1. The zero-order valence-corrected chi connectivity index (χ0v) is 34.4. The van der Waals surface area contributed by atoms with Gasteiger partial charge in [0.2, 0.25) is 11.8 Å². The van der Waals surface area contributed by atoms with Gasteiger partial charge < -0.3 is 49.0 Å². The van der Waals surface area contributed by atoms with Crippen molar-refractivity contribution in [3.63, 3.8) is 0 Å². The van der Waals surface area contributed by atoms with Crippen molar-refractivity contribution in [2.75, 3.05) is 27.7 Å². The third-order valence-corrected chi connectivity index (χ3v) is 11.2. The first-order chi connectivity index (χ1) is 23.9. The molecule has 0 aliphatic carbocycles. The Morgan fingerprint density at radius 2 is 1.67 bits per heavy atom. The first kappa shape index (κ1) is 44.5. The Kier molecular flexibility index (Phi) is 15.6. The second-order valence-electron chi connectivity index (χ2n) is 17.9. The molecule has 0 spiro atoms. The van der Waals surface area contributed by atoms with Crippen molar-refractivity contribution >= 4 is 17.8 Å². The third-order valence-electron chi connectivity index (χ3n) is 11.2. The molecule has 2 amide bonds. The molecule has 52 heavy (non-hydrogen) atoms. The summed E-state index contributed by atoms with van der Waals surface area (Å²) in [6.07, 6.45) is -3.93. The second kappa shape index (κ2) is 18.2. The predicted molar refractivity (Wildman–Crippen MR) is 197 cm³/mol. The molecule has 0 aromatic carbocycles. The fraction of sp³-hybridized carbons (Fsp3) is 0.923. The van der Waals surface area contributed by atoms with E-state index in [0.717, 1.165) is 0 Å². The molecule has 0 saturated carbocycles. The number of carbonyl (C=O) groups is 3. The van der Waals surface area contributed by atoms with Crippen LogP contribution in [0.4, 0.5) is 0 Å². The molecule has 0 bridgehead atoms. The van der Waals surface area contributed by atoms with Crippen LogP contribution in [0.25, 0.3) is 0 Å². The lowest BCUT2D eigenvalue weighted by Crippen LogP contribution is -2.60. The highest BCUT2D eigenvalue weighted by atomic mass is 16.7. The summed E-state index contributed by atoms with van der Waals surface area (Å²) in [6, 6.07) is -0.635.